The average Bonchev–Trinajstić information content (AvgIpc) is 1.86. The summed E-state index contributed by atoms with van der Waals surface area (Å²) in [6.07, 6.45) is 0. The van der Waals surface area contributed by atoms with Gasteiger partial charge in [0.05, 0.1) is 0 Å². The van der Waals surface area contributed by atoms with E-state index in [1.807, 2.05) is 6.92 Å². The van der Waals surface area contributed by atoms with Gasteiger partial charge in [-0.2, -0.15) is 0 Å². The van der Waals surface area contributed by atoms with Gasteiger partial charge in [0.2, 0.25) is 0 Å². The molecule has 0 amide bonds. The molecule has 0 aliphatic carbocycles. The Balaban J connectivity index is 0. The maximum atomic E-state index is 5.12. The molecule has 56 valence electrons. The number of hydrogen-bond donors (Lipinski definition) is 0. The van der Waals surface area contributed by atoms with E-state index in [0.717, 1.165) is 6.61 Å². The lowest BCUT2D eigenvalue weighted by Crippen LogP contribution is -1.93. The molecule has 0 radical (unpaired) electrons. The first-order valence-corrected chi connectivity index (χ1v) is 5.61. The van der Waals surface area contributed by atoms with Crippen molar-refractivity contribution in [3.8, 4) is 0 Å². The Labute approximate surface area is 68.6 Å². The lowest BCUT2D eigenvalue weighted by molar-refractivity contribution is 0.361. The second-order valence-electron chi connectivity index (χ2n) is 1.35. The lowest BCUT2D eigenvalue weighted by Gasteiger charge is -1.90. The molecule has 0 aromatic carbocycles. The Bertz CT molecular complexity index is 46.3. The fraction of sp³-hybridized carbons (Fsp3) is 0.667. The number of rotatable bonds is 3. The van der Waals surface area contributed by atoms with E-state index >= 15 is 0 Å². The highest BCUT2D eigenvalue weighted by molar-refractivity contribution is 9.11. The van der Waals surface area contributed by atoms with Crippen LogP contribution in [-0.4, -0.2) is 16.4 Å². The molecule has 0 N–H and O–H groups in total. The summed E-state index contributed by atoms with van der Waals surface area (Å²) in [7, 11) is -0.0783. The van der Waals surface area contributed by atoms with Crippen molar-refractivity contribution in [2.45, 2.75) is 19.9 Å². The zero-order valence-electron chi connectivity index (χ0n) is 6.19. The zero-order valence-corrected chi connectivity index (χ0v) is 9.19. The Morgan fingerprint density at radius 2 is 2.11 bits per heavy atom. The Morgan fingerprint density at radius 1 is 1.67 bits per heavy atom. The maximum absolute atomic E-state index is 5.12. The predicted molar refractivity (Wildman–Crippen MR) is 49.8 cm³/mol. The fourth-order valence-electron chi connectivity index (χ4n) is 0.289. The first-order chi connectivity index (χ1) is 4.33. The molecule has 0 aliphatic heterocycles. The van der Waals surface area contributed by atoms with E-state index in [1.54, 1.807) is 4.99 Å². The molecule has 0 aliphatic rings. The Hall–Kier alpha value is 0.397. The van der Waals surface area contributed by atoms with Crippen LogP contribution in [0, 0.1) is 0 Å². The van der Waals surface area contributed by atoms with Crippen molar-refractivity contribution in [3.05, 3.63) is 11.6 Å². The van der Waals surface area contributed by atoms with Crippen LogP contribution in [0.5, 0.6) is 0 Å². The largest absolute Gasteiger partial charge is 0.424 e. The molecule has 1 nitrogen and oxygen atoms in total. The monoisotopic (exact) mass is 210 g/mol. The molecule has 0 spiro atoms. The minimum absolute atomic E-state index is 0.0783. The summed E-state index contributed by atoms with van der Waals surface area (Å²) in [5, 5.41) is 0. The summed E-state index contributed by atoms with van der Waals surface area (Å²) in [5.74, 6) is 0. The van der Waals surface area contributed by atoms with Crippen molar-refractivity contribution in [1.82, 2.24) is 0 Å². The van der Waals surface area contributed by atoms with Gasteiger partial charge in [0.15, 0.2) is 9.76 Å². The van der Waals surface area contributed by atoms with Gasteiger partial charge in [0.25, 0.3) is 0 Å². The van der Waals surface area contributed by atoms with Crippen LogP contribution in [-0.2, 0) is 4.43 Å². The van der Waals surface area contributed by atoms with Crippen molar-refractivity contribution in [2.75, 3.05) is 6.61 Å². The van der Waals surface area contributed by atoms with Gasteiger partial charge in [-0.05, 0) is 18.0 Å². The highest BCUT2D eigenvalue weighted by atomic mass is 79.9. The molecule has 0 rings (SSSR count). The van der Waals surface area contributed by atoms with Crippen molar-refractivity contribution in [1.29, 1.82) is 0 Å². The van der Waals surface area contributed by atoms with Crippen LogP contribution in [0.1, 0.15) is 13.8 Å². The predicted octanol–water partition coefficient (Wildman–Crippen LogP) is 2.07. The van der Waals surface area contributed by atoms with Crippen LogP contribution < -0.4 is 0 Å². The molecule has 0 aromatic heterocycles. The first kappa shape index (κ1) is 12.1. The minimum Gasteiger partial charge on any atom is -0.424 e. The van der Waals surface area contributed by atoms with Gasteiger partial charge in [-0.25, -0.2) is 0 Å². The van der Waals surface area contributed by atoms with Gasteiger partial charge in [-0.3, -0.25) is 0 Å². The molecular weight excluding hydrogens is 196 g/mol. The van der Waals surface area contributed by atoms with Crippen molar-refractivity contribution in [3.63, 3.8) is 0 Å². The van der Waals surface area contributed by atoms with Gasteiger partial charge in [0, 0.05) is 6.61 Å². The van der Waals surface area contributed by atoms with E-state index in [2.05, 4.69) is 29.4 Å². The lowest BCUT2D eigenvalue weighted by atomic mass is 10.9. The van der Waals surface area contributed by atoms with Gasteiger partial charge < -0.3 is 4.43 Å². The van der Waals surface area contributed by atoms with E-state index in [4.69, 9.17) is 4.43 Å². The van der Waals surface area contributed by atoms with E-state index in [-0.39, 0.29) is 9.76 Å². The van der Waals surface area contributed by atoms with Crippen molar-refractivity contribution in [2.24, 2.45) is 0 Å². The van der Waals surface area contributed by atoms with Crippen LogP contribution in [0.3, 0.4) is 0 Å². The molecule has 0 heterocycles. The second-order valence-corrected chi connectivity index (χ2v) is 3.82. The van der Waals surface area contributed by atoms with Gasteiger partial charge >= 0.3 is 0 Å². The van der Waals surface area contributed by atoms with Crippen LogP contribution in [0.2, 0.25) is 6.04 Å². The molecule has 0 atom stereocenters. The molecule has 0 unspecified atom stereocenters. The first-order valence-electron chi connectivity index (χ1n) is 3.12. The molecule has 0 aromatic rings. The summed E-state index contributed by atoms with van der Waals surface area (Å²) >= 11 is 2.91. The average molecular weight is 211 g/mol. The highest BCUT2D eigenvalue weighted by Crippen LogP contribution is 1.73. The van der Waals surface area contributed by atoms with Crippen molar-refractivity contribution >= 4 is 25.7 Å². The Kier molecular flexibility index (Phi) is 21.2. The molecule has 0 saturated heterocycles. The number of halogens is 1. The van der Waals surface area contributed by atoms with Crippen molar-refractivity contribution < 1.29 is 4.43 Å². The summed E-state index contributed by atoms with van der Waals surface area (Å²) in [4.78, 5) is 1.56. The van der Waals surface area contributed by atoms with E-state index in [1.165, 1.54) is 6.04 Å². The summed E-state index contributed by atoms with van der Waals surface area (Å²) < 4.78 is 5.12. The van der Waals surface area contributed by atoms with Gasteiger partial charge in [-0.15, -0.1) is 0 Å². The summed E-state index contributed by atoms with van der Waals surface area (Å²) in [5.41, 5.74) is 0. The molecule has 0 fully saturated rings. The topological polar surface area (TPSA) is 9.23 Å². The molecule has 0 saturated carbocycles. The third-order valence-corrected chi connectivity index (χ3v) is 1.66. The SMILES string of the molecule is C=CBr.CCO[SiH2]CC. The van der Waals surface area contributed by atoms with E-state index in [0.29, 0.717) is 0 Å². The zero-order chi connectivity index (χ0) is 7.54. The normalized spacial score (nSPS) is 8.78. The van der Waals surface area contributed by atoms with Crippen LogP contribution in [0.4, 0.5) is 0 Å². The quantitative estimate of drug-likeness (QED) is 0.513. The van der Waals surface area contributed by atoms with Gasteiger partial charge in [-0.1, -0.05) is 29.4 Å². The minimum atomic E-state index is -0.0783. The van der Waals surface area contributed by atoms with Crippen LogP contribution in [0.25, 0.3) is 0 Å². The fourth-order valence-corrected chi connectivity index (χ4v) is 0.866. The van der Waals surface area contributed by atoms with Gasteiger partial charge in [0.1, 0.15) is 0 Å². The number of hydrogen-bond acceptors (Lipinski definition) is 1. The Morgan fingerprint density at radius 3 is 2.22 bits per heavy atom. The summed E-state index contributed by atoms with van der Waals surface area (Å²) in [6.45, 7) is 8.41. The summed E-state index contributed by atoms with van der Waals surface area (Å²) in [6, 6.07) is 1.27. The van der Waals surface area contributed by atoms with Crippen LogP contribution >= 0.6 is 15.9 Å². The van der Waals surface area contributed by atoms with E-state index < -0.39 is 0 Å². The molecule has 3 heteroatoms. The third-order valence-electron chi connectivity index (χ3n) is 0.553. The van der Waals surface area contributed by atoms with Crippen LogP contribution in [0.15, 0.2) is 11.6 Å². The molecular formula is C6H15BrOSi. The second kappa shape index (κ2) is 15.8. The highest BCUT2D eigenvalue weighted by Gasteiger charge is 1.75. The third kappa shape index (κ3) is 29.8. The smallest absolute Gasteiger partial charge is 0.161 e. The standard InChI is InChI=1S/C4H12OSi.C2H3Br/c1-3-5-6-4-2;1-2-3/h3-4,6H2,1-2H3;2H,1H2. The molecule has 0 bridgehead atoms. The van der Waals surface area contributed by atoms with E-state index in [9.17, 15) is 0 Å². The molecule has 9 heavy (non-hydrogen) atoms. The maximum Gasteiger partial charge on any atom is 0.161 e.